The van der Waals surface area contributed by atoms with Gasteiger partial charge in [0.2, 0.25) is 0 Å². The molecule has 0 bridgehead atoms. The minimum atomic E-state index is -1.66. The van der Waals surface area contributed by atoms with Crippen molar-refractivity contribution in [3.8, 4) is 0 Å². The zero-order valence-corrected chi connectivity index (χ0v) is 12.5. The number of amides is 1. The summed E-state index contributed by atoms with van der Waals surface area (Å²) in [7, 11) is 0. The van der Waals surface area contributed by atoms with Gasteiger partial charge in [-0.1, -0.05) is 0 Å². The molecule has 1 N–H and O–H groups in total. The number of rotatable bonds is 4. The number of likely N-dealkylation sites (tertiary alicyclic amines) is 1. The number of alkyl halides is 1. The number of piperidine rings is 1. The lowest BCUT2D eigenvalue weighted by molar-refractivity contribution is -0.136. The Morgan fingerprint density at radius 3 is 2.80 bits per heavy atom. The molecule has 0 radical (unpaired) electrons. The molecule has 110 valence electrons. The molecule has 1 aliphatic heterocycles. The number of thiazole rings is 1. The van der Waals surface area contributed by atoms with Gasteiger partial charge in [0, 0.05) is 43.4 Å². The van der Waals surface area contributed by atoms with Gasteiger partial charge in [-0.15, -0.1) is 11.3 Å². The number of carbonyl (C=O) groups is 1. The summed E-state index contributed by atoms with van der Waals surface area (Å²) in [4.78, 5) is 19.6. The highest BCUT2D eigenvalue weighted by molar-refractivity contribution is 7.09. The summed E-state index contributed by atoms with van der Waals surface area (Å²) in [6.45, 7) is 4.08. The van der Waals surface area contributed by atoms with Crippen LogP contribution in [0.4, 0.5) is 4.39 Å². The van der Waals surface area contributed by atoms with Crippen molar-refractivity contribution in [3.63, 3.8) is 0 Å². The van der Waals surface area contributed by atoms with Crippen LogP contribution >= 0.6 is 11.3 Å². The second-order valence-corrected chi connectivity index (χ2v) is 6.79. The topological polar surface area (TPSA) is 45.2 Å². The number of hydrogen-bond acceptors (Lipinski definition) is 4. The van der Waals surface area contributed by atoms with E-state index in [-0.39, 0.29) is 6.04 Å². The van der Waals surface area contributed by atoms with Gasteiger partial charge in [0.15, 0.2) is 5.67 Å². The first kappa shape index (κ1) is 13.9. The number of nitrogens with one attached hydrogen (secondary N) is 1. The molecule has 0 spiro atoms. The van der Waals surface area contributed by atoms with Gasteiger partial charge in [0.25, 0.3) is 5.91 Å². The van der Waals surface area contributed by atoms with E-state index >= 15 is 0 Å². The van der Waals surface area contributed by atoms with Crippen LogP contribution < -0.4 is 5.32 Å². The third kappa shape index (κ3) is 3.01. The maximum absolute atomic E-state index is 14.6. The largest absolute Gasteiger partial charge is 0.351 e. The summed E-state index contributed by atoms with van der Waals surface area (Å²) in [6.07, 6.45) is 2.59. The van der Waals surface area contributed by atoms with Crippen LogP contribution in [0.3, 0.4) is 0 Å². The van der Waals surface area contributed by atoms with E-state index in [2.05, 4.69) is 15.2 Å². The molecule has 2 aliphatic rings. The van der Waals surface area contributed by atoms with E-state index in [1.807, 2.05) is 12.4 Å². The minimum Gasteiger partial charge on any atom is -0.351 e. The SMILES string of the molecule is Cc1ncsc1CN1CCC(F)(C(=O)NC2CC2)CC1. The average Bonchev–Trinajstić information content (AvgIpc) is 3.15. The smallest absolute Gasteiger partial charge is 0.257 e. The molecule has 1 aliphatic carbocycles. The highest BCUT2D eigenvalue weighted by Crippen LogP contribution is 2.30. The summed E-state index contributed by atoms with van der Waals surface area (Å²) < 4.78 is 14.6. The third-order valence-corrected chi connectivity index (χ3v) is 5.10. The number of aryl methyl sites for hydroxylation is 1. The van der Waals surface area contributed by atoms with Gasteiger partial charge in [-0.2, -0.15) is 0 Å². The lowest BCUT2D eigenvalue weighted by Crippen LogP contribution is -2.51. The van der Waals surface area contributed by atoms with Crippen LogP contribution in [0.5, 0.6) is 0 Å². The fraction of sp³-hybridized carbons (Fsp3) is 0.714. The molecule has 4 nitrogen and oxygen atoms in total. The molecule has 0 unspecified atom stereocenters. The van der Waals surface area contributed by atoms with E-state index in [9.17, 15) is 9.18 Å². The summed E-state index contributed by atoms with van der Waals surface area (Å²) in [6, 6.07) is 0.230. The lowest BCUT2D eigenvalue weighted by Gasteiger charge is -2.35. The Hall–Kier alpha value is -1.01. The zero-order chi connectivity index (χ0) is 14.2. The molecule has 2 fully saturated rings. The monoisotopic (exact) mass is 297 g/mol. The third-order valence-electron chi connectivity index (χ3n) is 4.18. The normalized spacial score (nSPS) is 22.7. The molecule has 1 amide bonds. The Labute approximate surface area is 122 Å². The quantitative estimate of drug-likeness (QED) is 0.925. The fourth-order valence-corrected chi connectivity index (χ4v) is 3.33. The van der Waals surface area contributed by atoms with E-state index in [4.69, 9.17) is 0 Å². The summed E-state index contributed by atoms with van der Waals surface area (Å²) in [5.41, 5.74) is 1.23. The van der Waals surface area contributed by atoms with Crippen LogP contribution in [0.1, 0.15) is 36.3 Å². The van der Waals surface area contributed by atoms with Crippen LogP contribution in [0.15, 0.2) is 5.51 Å². The molecule has 6 heteroatoms. The van der Waals surface area contributed by atoms with Crippen molar-refractivity contribution < 1.29 is 9.18 Å². The summed E-state index contributed by atoms with van der Waals surface area (Å²) in [5.74, 6) is -0.395. The first-order valence-corrected chi connectivity index (χ1v) is 8.06. The van der Waals surface area contributed by atoms with Gasteiger partial charge in [-0.05, 0) is 19.8 Å². The minimum absolute atomic E-state index is 0.230. The van der Waals surface area contributed by atoms with Crippen LogP contribution in [-0.4, -0.2) is 40.6 Å². The van der Waals surface area contributed by atoms with Gasteiger partial charge in [-0.25, -0.2) is 9.37 Å². The van der Waals surface area contributed by atoms with Gasteiger partial charge in [0.1, 0.15) is 0 Å². The number of carbonyl (C=O) groups excluding carboxylic acids is 1. The predicted octanol–water partition coefficient (Wildman–Crippen LogP) is 2.03. The first-order chi connectivity index (χ1) is 9.57. The van der Waals surface area contributed by atoms with E-state index < -0.39 is 11.6 Å². The fourth-order valence-electron chi connectivity index (χ4n) is 2.52. The van der Waals surface area contributed by atoms with Crippen LogP contribution in [0, 0.1) is 6.92 Å². The van der Waals surface area contributed by atoms with Crippen LogP contribution in [0.25, 0.3) is 0 Å². The van der Waals surface area contributed by atoms with E-state index in [0.717, 1.165) is 25.1 Å². The standard InChI is InChI=1S/C14H20FN3OS/c1-10-12(20-9-16-10)8-18-6-4-14(15,5-7-18)13(19)17-11-2-3-11/h9,11H,2-8H2,1H3,(H,17,19). The van der Waals surface area contributed by atoms with Gasteiger partial charge >= 0.3 is 0 Å². The van der Waals surface area contributed by atoms with Crippen molar-refractivity contribution in [3.05, 3.63) is 16.1 Å². The van der Waals surface area contributed by atoms with Crippen molar-refractivity contribution in [2.75, 3.05) is 13.1 Å². The Morgan fingerprint density at radius 2 is 2.25 bits per heavy atom. The molecule has 2 heterocycles. The molecular formula is C14H20FN3OS. The molecule has 1 aromatic heterocycles. The van der Waals surface area contributed by atoms with Crippen LogP contribution in [0.2, 0.25) is 0 Å². The zero-order valence-electron chi connectivity index (χ0n) is 11.7. The molecule has 20 heavy (non-hydrogen) atoms. The maximum atomic E-state index is 14.6. The van der Waals surface area contributed by atoms with Gasteiger partial charge < -0.3 is 5.32 Å². The van der Waals surface area contributed by atoms with E-state index in [1.54, 1.807) is 11.3 Å². The second kappa shape index (κ2) is 5.41. The summed E-state index contributed by atoms with van der Waals surface area (Å²) in [5, 5.41) is 2.79. The summed E-state index contributed by atoms with van der Waals surface area (Å²) >= 11 is 1.64. The van der Waals surface area contributed by atoms with E-state index in [1.165, 1.54) is 4.88 Å². The number of halogens is 1. The van der Waals surface area contributed by atoms with Crippen LogP contribution in [-0.2, 0) is 11.3 Å². The number of nitrogens with zero attached hydrogens (tertiary/aromatic N) is 2. The van der Waals surface area contributed by atoms with Crippen molar-refractivity contribution in [1.29, 1.82) is 0 Å². The molecule has 3 rings (SSSR count). The molecular weight excluding hydrogens is 277 g/mol. The van der Waals surface area contributed by atoms with Gasteiger partial charge in [0.05, 0.1) is 11.2 Å². The van der Waals surface area contributed by atoms with Crippen molar-refractivity contribution in [1.82, 2.24) is 15.2 Å². The number of aromatic nitrogens is 1. The molecule has 1 aromatic rings. The molecule has 1 saturated carbocycles. The van der Waals surface area contributed by atoms with Crippen molar-refractivity contribution in [2.24, 2.45) is 0 Å². The average molecular weight is 297 g/mol. The van der Waals surface area contributed by atoms with Crippen molar-refractivity contribution in [2.45, 2.75) is 50.9 Å². The molecule has 0 aromatic carbocycles. The molecule has 1 saturated heterocycles. The van der Waals surface area contributed by atoms with Gasteiger partial charge in [-0.3, -0.25) is 9.69 Å². The Kier molecular flexibility index (Phi) is 3.77. The van der Waals surface area contributed by atoms with Crippen molar-refractivity contribution >= 4 is 17.2 Å². The Morgan fingerprint density at radius 1 is 1.55 bits per heavy atom. The Bertz CT molecular complexity index is 492. The second-order valence-electron chi connectivity index (χ2n) is 5.85. The lowest BCUT2D eigenvalue weighted by atomic mass is 9.92. The maximum Gasteiger partial charge on any atom is 0.257 e. The predicted molar refractivity (Wildman–Crippen MR) is 76.4 cm³/mol. The number of hydrogen-bond donors (Lipinski definition) is 1. The Balaban J connectivity index is 1.53. The molecule has 0 atom stereocenters. The van der Waals surface area contributed by atoms with E-state index in [0.29, 0.717) is 25.9 Å². The highest BCUT2D eigenvalue weighted by atomic mass is 32.1. The first-order valence-electron chi connectivity index (χ1n) is 7.18. The highest BCUT2D eigenvalue weighted by Gasteiger charge is 2.43.